The van der Waals surface area contributed by atoms with Crippen LogP contribution in [0.4, 0.5) is 0 Å². The number of benzene rings is 5. The van der Waals surface area contributed by atoms with Crippen molar-refractivity contribution in [3.63, 3.8) is 0 Å². The number of carbonyl (C=O) groups excluding carboxylic acids is 1. The molecule has 0 aliphatic heterocycles. The topological polar surface area (TPSA) is 29.1 Å². The van der Waals surface area contributed by atoms with Crippen LogP contribution in [0.3, 0.4) is 0 Å². The van der Waals surface area contributed by atoms with E-state index in [-0.39, 0.29) is 5.91 Å². The van der Waals surface area contributed by atoms with Crippen LogP contribution in [0.5, 0.6) is 0 Å². The minimum Gasteiger partial charge on any atom is -0.348 e. The van der Waals surface area contributed by atoms with Gasteiger partial charge >= 0.3 is 0 Å². The molecule has 0 aliphatic rings. The van der Waals surface area contributed by atoms with Crippen molar-refractivity contribution in [2.75, 3.05) is 0 Å². The van der Waals surface area contributed by atoms with Crippen molar-refractivity contribution in [3.05, 3.63) is 163 Å². The van der Waals surface area contributed by atoms with E-state index in [0.717, 1.165) is 11.1 Å². The van der Waals surface area contributed by atoms with E-state index in [4.69, 9.17) is 0 Å². The molecule has 176 valence electrons. The van der Waals surface area contributed by atoms with Gasteiger partial charge in [0.2, 0.25) is 0 Å². The zero-order valence-electron chi connectivity index (χ0n) is 20.1. The lowest BCUT2D eigenvalue weighted by Crippen LogP contribution is -2.41. The molecule has 0 saturated carbocycles. The molecule has 0 heterocycles. The van der Waals surface area contributed by atoms with Crippen molar-refractivity contribution in [1.82, 2.24) is 5.32 Å². The van der Waals surface area contributed by atoms with Crippen LogP contribution in [0.2, 0.25) is 0 Å². The first kappa shape index (κ1) is 23.7. The van der Waals surface area contributed by atoms with Crippen molar-refractivity contribution in [3.8, 4) is 0 Å². The molecule has 2 nitrogen and oxygen atoms in total. The van der Waals surface area contributed by atoms with E-state index in [0.29, 0.717) is 6.54 Å². The first-order valence-corrected chi connectivity index (χ1v) is 14.1. The summed E-state index contributed by atoms with van der Waals surface area (Å²) in [6.45, 7) is 0.487. The normalized spacial score (nSPS) is 12.0. The minimum atomic E-state index is -2.47. The van der Waals surface area contributed by atoms with Crippen molar-refractivity contribution >= 4 is 29.1 Å². The number of amides is 1. The molecule has 0 fully saturated rings. The molecule has 5 rings (SSSR count). The number of carbonyl (C=O) groups is 1. The van der Waals surface area contributed by atoms with Crippen LogP contribution in [0.25, 0.3) is 0 Å². The van der Waals surface area contributed by atoms with Gasteiger partial charge in [-0.25, -0.2) is 0 Å². The Morgan fingerprint density at radius 2 is 0.889 bits per heavy atom. The van der Waals surface area contributed by atoms with Gasteiger partial charge in [-0.2, -0.15) is 0 Å². The van der Waals surface area contributed by atoms with Crippen molar-refractivity contribution in [2.45, 2.75) is 12.2 Å². The van der Waals surface area contributed by atoms with Gasteiger partial charge in [0.05, 0.1) is 0 Å². The van der Waals surface area contributed by atoms with E-state index in [1.54, 1.807) is 0 Å². The highest BCUT2D eigenvalue weighted by atomic mass is 31.2. The lowest BCUT2D eigenvalue weighted by molar-refractivity contribution is -0.120. The summed E-state index contributed by atoms with van der Waals surface area (Å²) in [5.41, 5.74) is 1.71. The molecule has 3 heteroatoms. The summed E-state index contributed by atoms with van der Waals surface area (Å²) in [5.74, 6) is 0.0370. The fraction of sp³-hybridized carbons (Fsp3) is 0.0606. The van der Waals surface area contributed by atoms with Gasteiger partial charge in [0.1, 0.15) is 23.2 Å². The van der Waals surface area contributed by atoms with Gasteiger partial charge in [-0.3, -0.25) is 4.79 Å². The molecule has 0 aromatic heterocycles. The van der Waals surface area contributed by atoms with Crippen molar-refractivity contribution in [1.29, 1.82) is 0 Å². The maximum atomic E-state index is 14.4. The molecule has 1 N–H and O–H groups in total. The van der Waals surface area contributed by atoms with Gasteiger partial charge in [0.25, 0.3) is 5.91 Å². The van der Waals surface area contributed by atoms with Crippen LogP contribution in [0.1, 0.15) is 16.8 Å². The van der Waals surface area contributed by atoms with E-state index in [9.17, 15) is 4.79 Å². The maximum Gasteiger partial charge on any atom is 0.266 e. The predicted octanol–water partition coefficient (Wildman–Crippen LogP) is 6.04. The highest BCUT2D eigenvalue weighted by molar-refractivity contribution is 7.96. The second-order valence-electron chi connectivity index (χ2n) is 8.75. The first-order chi connectivity index (χ1) is 17.8. The Morgan fingerprint density at radius 3 is 1.31 bits per heavy atom. The average Bonchev–Trinajstić information content (AvgIpc) is 2.97. The maximum absolute atomic E-state index is 14.4. The Balaban J connectivity index is 1.76. The monoisotopic (exact) mass is 486 g/mol. The van der Waals surface area contributed by atoms with E-state index in [1.165, 1.54) is 15.9 Å². The Morgan fingerprint density at radius 1 is 0.528 bits per heavy atom. The fourth-order valence-corrected chi connectivity index (χ4v) is 9.73. The van der Waals surface area contributed by atoms with Crippen LogP contribution in [-0.2, 0) is 11.3 Å². The SMILES string of the molecule is O=C(NCc1ccccc1)C(c1ccccc1)[P+](c1ccccc1)(c1ccccc1)c1ccccc1. The minimum absolute atomic E-state index is 0.0370. The summed E-state index contributed by atoms with van der Waals surface area (Å²) in [7, 11) is -2.47. The molecule has 5 aromatic carbocycles. The third-order valence-corrected chi connectivity index (χ3v) is 11.2. The van der Waals surface area contributed by atoms with Crippen LogP contribution < -0.4 is 21.2 Å². The summed E-state index contributed by atoms with van der Waals surface area (Å²) in [5, 5.41) is 6.86. The molecule has 36 heavy (non-hydrogen) atoms. The summed E-state index contributed by atoms with van der Waals surface area (Å²) in [6, 6.07) is 52.1. The van der Waals surface area contributed by atoms with Gasteiger partial charge < -0.3 is 5.32 Å². The number of hydrogen-bond acceptors (Lipinski definition) is 1. The molecular weight excluding hydrogens is 457 g/mol. The van der Waals surface area contributed by atoms with Gasteiger partial charge in [0, 0.05) is 12.1 Å². The van der Waals surface area contributed by atoms with Crippen molar-refractivity contribution < 1.29 is 4.79 Å². The quantitative estimate of drug-likeness (QED) is 0.266. The van der Waals surface area contributed by atoms with Crippen LogP contribution >= 0.6 is 7.26 Å². The Bertz CT molecular complexity index is 1280. The molecule has 1 amide bonds. The summed E-state index contributed by atoms with van der Waals surface area (Å²) in [6.07, 6.45) is 0. The second-order valence-corrected chi connectivity index (χ2v) is 12.3. The van der Waals surface area contributed by atoms with E-state index in [2.05, 4.69) is 90.2 Å². The molecule has 1 unspecified atom stereocenters. The summed E-state index contributed by atoms with van der Waals surface area (Å²) < 4.78 is 0. The van der Waals surface area contributed by atoms with Gasteiger partial charge in [-0.15, -0.1) is 0 Å². The van der Waals surface area contributed by atoms with E-state index in [1.807, 2.05) is 66.7 Å². The zero-order chi connectivity index (χ0) is 24.6. The highest BCUT2D eigenvalue weighted by Gasteiger charge is 2.56. The average molecular weight is 487 g/mol. The van der Waals surface area contributed by atoms with Gasteiger partial charge in [0.15, 0.2) is 5.66 Å². The summed E-state index contributed by atoms with van der Waals surface area (Å²) >= 11 is 0. The van der Waals surface area contributed by atoms with Gasteiger partial charge in [-0.1, -0.05) is 115 Å². The second kappa shape index (κ2) is 11.2. The molecular formula is C33H29NOP+. The molecule has 5 aromatic rings. The lowest BCUT2D eigenvalue weighted by atomic mass is 10.1. The lowest BCUT2D eigenvalue weighted by Gasteiger charge is -2.34. The molecule has 1 atom stereocenters. The number of hydrogen-bond donors (Lipinski definition) is 1. The van der Waals surface area contributed by atoms with Crippen LogP contribution in [0.15, 0.2) is 152 Å². The van der Waals surface area contributed by atoms with E-state index < -0.39 is 12.9 Å². The van der Waals surface area contributed by atoms with Crippen LogP contribution in [-0.4, -0.2) is 5.91 Å². The first-order valence-electron chi connectivity index (χ1n) is 12.2. The third kappa shape index (κ3) is 4.73. The molecule has 0 bridgehead atoms. The van der Waals surface area contributed by atoms with Crippen LogP contribution in [0, 0.1) is 0 Å². The predicted molar refractivity (Wildman–Crippen MR) is 153 cm³/mol. The van der Waals surface area contributed by atoms with Gasteiger partial charge in [-0.05, 0) is 42.0 Å². The Hall–Kier alpha value is -4.00. The standard InChI is InChI=1S/C33H28NOP/c35-33(34-26-27-16-6-1-7-17-27)32(28-18-8-2-9-19-28)36(29-20-10-3-11-21-29,30-22-12-4-13-23-30)31-24-14-5-15-25-31/h1-25,32H,26H2/p+1. The number of nitrogens with one attached hydrogen (secondary N) is 1. The smallest absolute Gasteiger partial charge is 0.266 e. The van der Waals surface area contributed by atoms with Crippen molar-refractivity contribution in [2.24, 2.45) is 0 Å². The van der Waals surface area contributed by atoms with E-state index >= 15 is 0 Å². The molecule has 0 radical (unpaired) electrons. The number of rotatable bonds is 8. The summed E-state index contributed by atoms with van der Waals surface area (Å²) in [4.78, 5) is 14.4. The largest absolute Gasteiger partial charge is 0.348 e. The zero-order valence-corrected chi connectivity index (χ0v) is 21.0. The highest BCUT2D eigenvalue weighted by Crippen LogP contribution is 2.66. The Kier molecular flexibility index (Phi) is 7.36. The molecule has 0 aliphatic carbocycles. The fourth-order valence-electron chi connectivity index (χ4n) is 4.95. The molecule has 0 spiro atoms. The third-order valence-electron chi connectivity index (χ3n) is 6.55. The Labute approximate surface area is 214 Å². The molecule has 0 saturated heterocycles.